The molecule has 0 amide bonds. The maximum atomic E-state index is 10.9. The highest BCUT2D eigenvalue weighted by molar-refractivity contribution is 5.69. The second-order valence-electron chi connectivity index (χ2n) is 4.22. The molecule has 0 heterocycles. The smallest absolute Gasteiger partial charge is 0.305 e. The van der Waals surface area contributed by atoms with Crippen LogP contribution >= 0.6 is 0 Å². The van der Waals surface area contributed by atoms with E-state index in [9.17, 15) is 4.79 Å². The molecule has 0 aliphatic heterocycles. The van der Waals surface area contributed by atoms with Gasteiger partial charge >= 0.3 is 5.97 Å². The van der Waals surface area contributed by atoms with Crippen molar-refractivity contribution in [3.8, 4) is 0 Å². The molecule has 0 saturated carbocycles. The van der Waals surface area contributed by atoms with E-state index in [0.29, 0.717) is 25.6 Å². The van der Waals surface area contributed by atoms with Gasteiger partial charge in [-0.2, -0.15) is 0 Å². The molecule has 0 unspecified atom stereocenters. The van der Waals surface area contributed by atoms with Crippen LogP contribution < -0.4 is 0 Å². The number of carbonyl (C=O) groups excluding carboxylic acids is 1. The van der Waals surface area contributed by atoms with Gasteiger partial charge in [-0.3, -0.25) is 4.79 Å². The first-order valence-electron chi connectivity index (χ1n) is 5.91. The van der Waals surface area contributed by atoms with E-state index in [4.69, 9.17) is 4.74 Å². The van der Waals surface area contributed by atoms with E-state index in [-0.39, 0.29) is 5.97 Å². The van der Waals surface area contributed by atoms with Gasteiger partial charge in [0.2, 0.25) is 0 Å². The molecule has 0 bridgehead atoms. The van der Waals surface area contributed by atoms with E-state index < -0.39 is 0 Å². The predicted molar refractivity (Wildman–Crippen MR) is 66.5 cm³/mol. The van der Waals surface area contributed by atoms with Crippen molar-refractivity contribution in [3.63, 3.8) is 0 Å². The summed E-state index contributed by atoms with van der Waals surface area (Å²) in [6.45, 7) is 3.38. The minimum absolute atomic E-state index is 0.153. The molecule has 1 aromatic carbocycles. The van der Waals surface area contributed by atoms with Crippen molar-refractivity contribution in [2.45, 2.75) is 26.4 Å². The Hall–Kier alpha value is -1.35. The largest absolute Gasteiger partial charge is 0.469 e. The van der Waals surface area contributed by atoms with Crippen LogP contribution in [0.25, 0.3) is 0 Å². The Morgan fingerprint density at radius 3 is 2.65 bits per heavy atom. The van der Waals surface area contributed by atoms with Crippen LogP contribution in [0.4, 0.5) is 0 Å². The standard InChI is InChI=1S/C14H20O3/c1-12(8-9-14(15)16-2)10-17-11-13-6-4-3-5-7-13/h3-7,12H,8-11H2,1-2H3/t12-/m1/s1. The van der Waals surface area contributed by atoms with E-state index in [0.717, 1.165) is 6.42 Å². The SMILES string of the molecule is COC(=O)CC[C@@H](C)COCc1ccccc1. The van der Waals surface area contributed by atoms with E-state index >= 15 is 0 Å². The quantitative estimate of drug-likeness (QED) is 0.683. The fraction of sp³-hybridized carbons (Fsp3) is 0.500. The minimum atomic E-state index is -0.153. The molecule has 0 spiro atoms. The lowest BCUT2D eigenvalue weighted by atomic mass is 10.1. The van der Waals surface area contributed by atoms with Gasteiger partial charge in [0, 0.05) is 13.0 Å². The highest BCUT2D eigenvalue weighted by Gasteiger charge is 2.06. The molecule has 0 aromatic heterocycles. The first-order valence-corrected chi connectivity index (χ1v) is 5.91. The van der Waals surface area contributed by atoms with Gasteiger partial charge in [0.15, 0.2) is 0 Å². The second kappa shape index (κ2) is 7.85. The van der Waals surface area contributed by atoms with E-state index in [2.05, 4.69) is 11.7 Å². The third-order valence-electron chi connectivity index (χ3n) is 2.58. The number of hydrogen-bond acceptors (Lipinski definition) is 3. The summed E-state index contributed by atoms with van der Waals surface area (Å²) in [7, 11) is 1.42. The molecule has 1 atom stereocenters. The topological polar surface area (TPSA) is 35.5 Å². The highest BCUT2D eigenvalue weighted by atomic mass is 16.5. The van der Waals surface area contributed by atoms with Gasteiger partial charge in [-0.1, -0.05) is 37.3 Å². The van der Waals surface area contributed by atoms with Gasteiger partial charge < -0.3 is 9.47 Å². The van der Waals surface area contributed by atoms with Crippen molar-refractivity contribution in [2.24, 2.45) is 5.92 Å². The van der Waals surface area contributed by atoms with E-state index in [1.807, 2.05) is 30.3 Å². The lowest BCUT2D eigenvalue weighted by Crippen LogP contribution is -2.09. The number of methoxy groups -OCH3 is 1. The molecular weight excluding hydrogens is 216 g/mol. The van der Waals surface area contributed by atoms with Crippen LogP contribution in [0.1, 0.15) is 25.3 Å². The zero-order valence-corrected chi connectivity index (χ0v) is 10.5. The van der Waals surface area contributed by atoms with Gasteiger partial charge in [-0.15, -0.1) is 0 Å². The van der Waals surface area contributed by atoms with Crippen LogP contribution in [-0.2, 0) is 20.9 Å². The summed E-state index contributed by atoms with van der Waals surface area (Å²) in [5.41, 5.74) is 1.17. The Labute approximate surface area is 103 Å². The molecule has 0 aliphatic carbocycles. The molecule has 0 radical (unpaired) electrons. The summed E-state index contributed by atoms with van der Waals surface area (Å²) in [5.74, 6) is 0.220. The van der Waals surface area contributed by atoms with Crippen LogP contribution in [0, 0.1) is 5.92 Å². The zero-order chi connectivity index (χ0) is 12.5. The lowest BCUT2D eigenvalue weighted by Gasteiger charge is -2.11. The molecule has 0 aliphatic rings. The van der Waals surface area contributed by atoms with Crippen molar-refractivity contribution in [1.29, 1.82) is 0 Å². The number of rotatable bonds is 7. The van der Waals surface area contributed by atoms with E-state index in [1.54, 1.807) is 0 Å². The van der Waals surface area contributed by atoms with Crippen LogP contribution in [0.5, 0.6) is 0 Å². The highest BCUT2D eigenvalue weighted by Crippen LogP contribution is 2.08. The molecule has 0 fully saturated rings. The molecular formula is C14H20O3. The summed E-state index contributed by atoms with van der Waals surface area (Å²) in [6.07, 6.45) is 1.27. The van der Waals surface area contributed by atoms with Crippen LogP contribution in [0.3, 0.4) is 0 Å². The van der Waals surface area contributed by atoms with Gasteiger partial charge in [0.25, 0.3) is 0 Å². The average Bonchev–Trinajstić information content (AvgIpc) is 2.37. The monoisotopic (exact) mass is 236 g/mol. The summed E-state index contributed by atoms with van der Waals surface area (Å²) in [4.78, 5) is 10.9. The first-order chi connectivity index (χ1) is 8.22. The van der Waals surface area contributed by atoms with Crippen LogP contribution in [0.15, 0.2) is 30.3 Å². The Kier molecular flexibility index (Phi) is 6.33. The van der Waals surface area contributed by atoms with Gasteiger partial charge in [-0.25, -0.2) is 0 Å². The minimum Gasteiger partial charge on any atom is -0.469 e. The molecule has 1 aromatic rings. The molecule has 17 heavy (non-hydrogen) atoms. The van der Waals surface area contributed by atoms with E-state index in [1.165, 1.54) is 12.7 Å². The second-order valence-corrected chi connectivity index (χ2v) is 4.22. The predicted octanol–water partition coefficient (Wildman–Crippen LogP) is 2.79. The molecule has 3 heteroatoms. The molecule has 0 saturated heterocycles. The van der Waals surface area contributed by atoms with Gasteiger partial charge in [-0.05, 0) is 17.9 Å². The number of hydrogen-bond donors (Lipinski definition) is 0. The normalized spacial score (nSPS) is 12.1. The lowest BCUT2D eigenvalue weighted by molar-refractivity contribution is -0.141. The Morgan fingerprint density at radius 2 is 2.00 bits per heavy atom. The fourth-order valence-corrected chi connectivity index (χ4v) is 1.50. The number of benzene rings is 1. The first kappa shape index (κ1) is 13.7. The van der Waals surface area contributed by atoms with Crippen molar-refractivity contribution in [3.05, 3.63) is 35.9 Å². The van der Waals surface area contributed by atoms with Crippen LogP contribution in [0.2, 0.25) is 0 Å². The van der Waals surface area contributed by atoms with Gasteiger partial charge in [0.05, 0.1) is 13.7 Å². The molecule has 0 N–H and O–H groups in total. The average molecular weight is 236 g/mol. The van der Waals surface area contributed by atoms with Crippen molar-refractivity contribution < 1.29 is 14.3 Å². The number of carbonyl (C=O) groups is 1. The Morgan fingerprint density at radius 1 is 1.29 bits per heavy atom. The van der Waals surface area contributed by atoms with Gasteiger partial charge in [0.1, 0.15) is 0 Å². The number of esters is 1. The van der Waals surface area contributed by atoms with Crippen LogP contribution in [-0.4, -0.2) is 19.7 Å². The van der Waals surface area contributed by atoms with Crippen molar-refractivity contribution >= 4 is 5.97 Å². The maximum absolute atomic E-state index is 10.9. The molecule has 94 valence electrons. The summed E-state index contributed by atoms with van der Waals surface area (Å²) >= 11 is 0. The van der Waals surface area contributed by atoms with Crippen molar-refractivity contribution in [2.75, 3.05) is 13.7 Å². The zero-order valence-electron chi connectivity index (χ0n) is 10.5. The number of ether oxygens (including phenoxy) is 2. The third-order valence-corrected chi connectivity index (χ3v) is 2.58. The van der Waals surface area contributed by atoms with Crippen molar-refractivity contribution in [1.82, 2.24) is 0 Å². The molecule has 3 nitrogen and oxygen atoms in total. The Bertz CT molecular complexity index is 321. The maximum Gasteiger partial charge on any atom is 0.305 e. The fourth-order valence-electron chi connectivity index (χ4n) is 1.50. The summed E-state index contributed by atoms with van der Waals surface area (Å²) in [6, 6.07) is 10.1. The summed E-state index contributed by atoms with van der Waals surface area (Å²) < 4.78 is 10.2. The third kappa shape index (κ3) is 6.07. The molecule has 1 rings (SSSR count). The Balaban J connectivity index is 2.12. The summed E-state index contributed by atoms with van der Waals surface area (Å²) in [5, 5.41) is 0.